The molecule has 3 rings (SSSR count). The highest BCUT2D eigenvalue weighted by atomic mass is 19.2. The van der Waals surface area contributed by atoms with Gasteiger partial charge in [-0.05, 0) is 30.7 Å². The number of benzene rings is 2. The van der Waals surface area contributed by atoms with E-state index >= 15 is 0 Å². The lowest BCUT2D eigenvalue weighted by Gasteiger charge is -2.15. The standard InChI is InChI=1S/C16H15F2NO2/c1-10(12-3-2-4-13(17)16(12)18)19-8-11-5-6-14-15(7-11)21-9-20-14/h2-7,10,19H,8-9H2,1H3. The Bertz CT molecular complexity index is 661. The third-order valence-corrected chi connectivity index (χ3v) is 3.50. The average molecular weight is 291 g/mol. The topological polar surface area (TPSA) is 30.5 Å². The van der Waals surface area contributed by atoms with Crippen LogP contribution in [0, 0.1) is 11.6 Å². The summed E-state index contributed by atoms with van der Waals surface area (Å²) in [5, 5.41) is 3.17. The van der Waals surface area contributed by atoms with Crippen LogP contribution in [0.3, 0.4) is 0 Å². The molecule has 0 spiro atoms. The smallest absolute Gasteiger partial charge is 0.231 e. The third kappa shape index (κ3) is 2.83. The molecule has 1 aliphatic rings. The molecule has 0 fully saturated rings. The summed E-state index contributed by atoms with van der Waals surface area (Å²) in [5.74, 6) is -0.200. The number of hydrogen-bond acceptors (Lipinski definition) is 3. The fourth-order valence-electron chi connectivity index (χ4n) is 2.29. The molecule has 0 aliphatic carbocycles. The number of rotatable bonds is 4. The summed E-state index contributed by atoms with van der Waals surface area (Å²) in [7, 11) is 0. The molecular formula is C16H15F2NO2. The molecular weight excluding hydrogens is 276 g/mol. The normalized spacial score (nSPS) is 14.2. The molecule has 0 radical (unpaired) electrons. The highest BCUT2D eigenvalue weighted by molar-refractivity contribution is 5.44. The van der Waals surface area contributed by atoms with Gasteiger partial charge in [-0.2, -0.15) is 0 Å². The fourth-order valence-corrected chi connectivity index (χ4v) is 2.29. The van der Waals surface area contributed by atoms with Crippen molar-refractivity contribution >= 4 is 0 Å². The van der Waals surface area contributed by atoms with Crippen LogP contribution in [0.1, 0.15) is 24.1 Å². The summed E-state index contributed by atoms with van der Waals surface area (Å²) in [6, 6.07) is 9.53. The van der Waals surface area contributed by atoms with Crippen LogP contribution in [0.25, 0.3) is 0 Å². The van der Waals surface area contributed by atoms with Gasteiger partial charge in [0.25, 0.3) is 0 Å². The number of halogens is 2. The van der Waals surface area contributed by atoms with Crippen LogP contribution in [0.2, 0.25) is 0 Å². The largest absolute Gasteiger partial charge is 0.454 e. The van der Waals surface area contributed by atoms with E-state index < -0.39 is 11.6 Å². The van der Waals surface area contributed by atoms with Gasteiger partial charge in [-0.1, -0.05) is 18.2 Å². The molecule has 3 nitrogen and oxygen atoms in total. The Morgan fingerprint density at radius 3 is 2.81 bits per heavy atom. The Labute approximate surface area is 121 Å². The Morgan fingerprint density at radius 1 is 1.14 bits per heavy atom. The molecule has 0 bridgehead atoms. The summed E-state index contributed by atoms with van der Waals surface area (Å²) in [6.45, 7) is 2.55. The first kappa shape index (κ1) is 13.8. The van der Waals surface area contributed by atoms with Gasteiger partial charge in [0.2, 0.25) is 6.79 Å². The van der Waals surface area contributed by atoms with Crippen LogP contribution in [-0.4, -0.2) is 6.79 Å². The summed E-state index contributed by atoms with van der Waals surface area (Å²) < 4.78 is 37.5. The lowest BCUT2D eigenvalue weighted by Crippen LogP contribution is -2.19. The minimum absolute atomic E-state index is 0.233. The van der Waals surface area contributed by atoms with Crippen LogP contribution in [0.15, 0.2) is 36.4 Å². The Kier molecular flexibility index (Phi) is 3.75. The zero-order valence-electron chi connectivity index (χ0n) is 11.5. The lowest BCUT2D eigenvalue weighted by molar-refractivity contribution is 0.174. The molecule has 0 aromatic heterocycles. The molecule has 0 amide bonds. The van der Waals surface area contributed by atoms with Crippen LogP contribution in [-0.2, 0) is 6.54 Å². The third-order valence-electron chi connectivity index (χ3n) is 3.50. The summed E-state index contributed by atoms with van der Waals surface area (Å²) in [4.78, 5) is 0. The molecule has 1 atom stereocenters. The first-order chi connectivity index (χ1) is 10.1. The molecule has 2 aromatic carbocycles. The van der Waals surface area contributed by atoms with E-state index in [0.29, 0.717) is 17.9 Å². The number of ether oxygens (including phenoxy) is 2. The second kappa shape index (κ2) is 5.69. The first-order valence-electron chi connectivity index (χ1n) is 6.71. The number of fused-ring (bicyclic) bond motifs is 1. The fraction of sp³-hybridized carbons (Fsp3) is 0.250. The Morgan fingerprint density at radius 2 is 1.95 bits per heavy atom. The van der Waals surface area contributed by atoms with Crippen LogP contribution < -0.4 is 14.8 Å². The van der Waals surface area contributed by atoms with Crippen LogP contribution >= 0.6 is 0 Å². The Balaban J connectivity index is 1.68. The first-order valence-corrected chi connectivity index (χ1v) is 6.71. The Hall–Kier alpha value is -2.14. The number of hydrogen-bond donors (Lipinski definition) is 1. The van der Waals surface area contributed by atoms with Gasteiger partial charge in [0, 0.05) is 18.2 Å². The molecule has 110 valence electrons. The van der Waals surface area contributed by atoms with Crippen molar-refractivity contribution in [3.05, 3.63) is 59.2 Å². The van der Waals surface area contributed by atoms with E-state index in [2.05, 4.69) is 5.32 Å². The van der Waals surface area contributed by atoms with E-state index in [1.807, 2.05) is 18.2 Å². The van der Waals surface area contributed by atoms with Crippen molar-refractivity contribution in [1.29, 1.82) is 0 Å². The van der Waals surface area contributed by atoms with Gasteiger partial charge in [0.05, 0.1) is 0 Å². The molecule has 0 saturated heterocycles. The zero-order chi connectivity index (χ0) is 14.8. The van der Waals surface area contributed by atoms with Crippen LogP contribution in [0.5, 0.6) is 11.5 Å². The van der Waals surface area contributed by atoms with Crippen molar-refractivity contribution in [3.63, 3.8) is 0 Å². The van der Waals surface area contributed by atoms with Crippen molar-refractivity contribution in [2.24, 2.45) is 0 Å². The summed E-state index contributed by atoms with van der Waals surface area (Å²) >= 11 is 0. The molecule has 1 aliphatic heterocycles. The van der Waals surface area contributed by atoms with Gasteiger partial charge in [-0.3, -0.25) is 0 Å². The van der Waals surface area contributed by atoms with E-state index in [1.165, 1.54) is 6.07 Å². The van der Waals surface area contributed by atoms with Gasteiger partial charge in [0.15, 0.2) is 23.1 Å². The summed E-state index contributed by atoms with van der Waals surface area (Å²) in [6.07, 6.45) is 0. The molecule has 0 saturated carbocycles. The van der Waals surface area contributed by atoms with Gasteiger partial charge >= 0.3 is 0 Å². The molecule has 1 unspecified atom stereocenters. The van der Waals surface area contributed by atoms with Crippen LogP contribution in [0.4, 0.5) is 8.78 Å². The van der Waals surface area contributed by atoms with Crippen molar-refractivity contribution in [3.8, 4) is 11.5 Å². The SMILES string of the molecule is CC(NCc1ccc2c(c1)OCO2)c1cccc(F)c1F. The number of nitrogens with one attached hydrogen (secondary N) is 1. The van der Waals surface area contributed by atoms with E-state index in [0.717, 1.165) is 17.4 Å². The maximum absolute atomic E-state index is 13.7. The van der Waals surface area contributed by atoms with E-state index in [1.54, 1.807) is 13.0 Å². The quantitative estimate of drug-likeness (QED) is 0.934. The monoisotopic (exact) mass is 291 g/mol. The average Bonchev–Trinajstić information content (AvgIpc) is 2.95. The van der Waals surface area contributed by atoms with Gasteiger partial charge in [-0.25, -0.2) is 8.78 Å². The van der Waals surface area contributed by atoms with E-state index in [-0.39, 0.29) is 12.8 Å². The zero-order valence-corrected chi connectivity index (χ0v) is 11.5. The second-order valence-electron chi connectivity index (χ2n) is 4.93. The lowest BCUT2D eigenvalue weighted by atomic mass is 10.1. The highest BCUT2D eigenvalue weighted by Crippen LogP contribution is 2.32. The van der Waals surface area contributed by atoms with E-state index in [4.69, 9.17) is 9.47 Å². The predicted molar refractivity (Wildman–Crippen MR) is 74.2 cm³/mol. The molecule has 5 heteroatoms. The van der Waals surface area contributed by atoms with E-state index in [9.17, 15) is 8.78 Å². The molecule has 1 N–H and O–H groups in total. The highest BCUT2D eigenvalue weighted by Gasteiger charge is 2.15. The molecule has 1 heterocycles. The van der Waals surface area contributed by atoms with Gasteiger partial charge in [-0.15, -0.1) is 0 Å². The maximum atomic E-state index is 13.7. The maximum Gasteiger partial charge on any atom is 0.231 e. The minimum atomic E-state index is -0.829. The predicted octanol–water partition coefficient (Wildman–Crippen LogP) is 3.54. The van der Waals surface area contributed by atoms with Crippen molar-refractivity contribution in [2.75, 3.05) is 6.79 Å². The van der Waals surface area contributed by atoms with Crippen molar-refractivity contribution in [1.82, 2.24) is 5.32 Å². The van der Waals surface area contributed by atoms with Crippen molar-refractivity contribution < 1.29 is 18.3 Å². The second-order valence-corrected chi connectivity index (χ2v) is 4.93. The minimum Gasteiger partial charge on any atom is -0.454 e. The molecule has 21 heavy (non-hydrogen) atoms. The summed E-state index contributed by atoms with van der Waals surface area (Å²) in [5.41, 5.74) is 1.30. The van der Waals surface area contributed by atoms with Crippen molar-refractivity contribution in [2.45, 2.75) is 19.5 Å². The van der Waals surface area contributed by atoms with Gasteiger partial charge in [0.1, 0.15) is 0 Å². The molecule has 2 aromatic rings. The van der Waals surface area contributed by atoms with Gasteiger partial charge < -0.3 is 14.8 Å².